The van der Waals surface area contributed by atoms with E-state index < -0.39 is 10.2 Å². The molecule has 5 nitrogen and oxygen atoms in total. The molecule has 0 aromatic heterocycles. The predicted octanol–water partition coefficient (Wildman–Crippen LogP) is 1.52. The Balaban J connectivity index is 2.07. The van der Waals surface area contributed by atoms with Crippen LogP contribution in [-0.2, 0) is 10.2 Å². The lowest BCUT2D eigenvalue weighted by Gasteiger charge is -2.38. The summed E-state index contributed by atoms with van der Waals surface area (Å²) in [6, 6.07) is 0.656. The number of piperidine rings is 1. The van der Waals surface area contributed by atoms with Crippen molar-refractivity contribution in [2.75, 3.05) is 31.6 Å². The van der Waals surface area contributed by atoms with Crippen LogP contribution in [-0.4, -0.2) is 66.8 Å². The molecule has 2 aliphatic rings. The van der Waals surface area contributed by atoms with Gasteiger partial charge in [0.15, 0.2) is 0 Å². The quantitative estimate of drug-likeness (QED) is 0.800. The van der Waals surface area contributed by atoms with Gasteiger partial charge in [-0.1, -0.05) is 20.3 Å². The van der Waals surface area contributed by atoms with E-state index in [-0.39, 0.29) is 12.1 Å². The molecule has 0 spiro atoms. The molecule has 0 amide bonds. The van der Waals surface area contributed by atoms with Crippen LogP contribution in [0.25, 0.3) is 0 Å². The minimum Gasteiger partial charge on any atom is -0.313 e. The molecule has 0 bridgehead atoms. The van der Waals surface area contributed by atoms with E-state index in [2.05, 4.69) is 19.2 Å². The summed E-state index contributed by atoms with van der Waals surface area (Å²) in [6.45, 7) is 5.62. The van der Waals surface area contributed by atoms with Crippen LogP contribution < -0.4 is 5.32 Å². The first-order valence-electron chi connectivity index (χ1n) is 7.99. The minimum atomic E-state index is -3.33. The van der Waals surface area contributed by atoms with Gasteiger partial charge >= 0.3 is 0 Å². The second-order valence-electron chi connectivity index (χ2n) is 6.36. The van der Waals surface area contributed by atoms with Gasteiger partial charge in [-0.25, -0.2) is 0 Å². The van der Waals surface area contributed by atoms with Gasteiger partial charge in [0.05, 0.1) is 0 Å². The fourth-order valence-electron chi connectivity index (χ4n) is 3.02. The number of hydrogen-bond donors (Lipinski definition) is 1. The lowest BCUT2D eigenvalue weighted by Crippen LogP contribution is -2.55. The highest BCUT2D eigenvalue weighted by Gasteiger charge is 2.38. The van der Waals surface area contributed by atoms with Crippen LogP contribution in [0.5, 0.6) is 0 Å². The number of rotatable bonds is 6. The number of nitrogens with one attached hydrogen (secondary N) is 1. The fourth-order valence-corrected chi connectivity index (χ4v) is 6.18. The first-order chi connectivity index (χ1) is 9.93. The Morgan fingerprint density at radius 3 is 2.71 bits per heavy atom. The zero-order valence-corrected chi connectivity index (χ0v) is 15.0. The van der Waals surface area contributed by atoms with E-state index in [1.807, 2.05) is 11.8 Å². The monoisotopic (exact) mass is 335 g/mol. The molecule has 2 unspecified atom stereocenters. The summed E-state index contributed by atoms with van der Waals surface area (Å²) in [5.41, 5.74) is 0. The van der Waals surface area contributed by atoms with Gasteiger partial charge < -0.3 is 5.32 Å². The van der Waals surface area contributed by atoms with Gasteiger partial charge in [-0.05, 0) is 25.0 Å². The van der Waals surface area contributed by atoms with Gasteiger partial charge in [-0.2, -0.15) is 28.8 Å². The van der Waals surface area contributed by atoms with Crippen molar-refractivity contribution in [1.82, 2.24) is 13.9 Å². The molecule has 0 aromatic rings. The van der Waals surface area contributed by atoms with Crippen molar-refractivity contribution < 1.29 is 8.42 Å². The predicted molar refractivity (Wildman–Crippen MR) is 89.9 cm³/mol. The molecule has 7 heteroatoms. The highest BCUT2D eigenvalue weighted by atomic mass is 32.2. The van der Waals surface area contributed by atoms with E-state index in [9.17, 15) is 8.42 Å². The lowest BCUT2D eigenvalue weighted by atomic mass is 10.0. The fraction of sp³-hybridized carbons (Fsp3) is 1.00. The zero-order chi connectivity index (χ0) is 15.5. The van der Waals surface area contributed by atoms with Crippen LogP contribution in [0, 0.1) is 0 Å². The Hall–Kier alpha value is 0.180. The Bertz CT molecular complexity index is 422. The van der Waals surface area contributed by atoms with Crippen molar-refractivity contribution >= 4 is 22.0 Å². The molecule has 0 aromatic carbocycles. The maximum absolute atomic E-state index is 12.9. The second-order valence-corrected chi connectivity index (χ2v) is 9.46. The Kier molecular flexibility index (Phi) is 6.38. The standard InChI is InChI=1S/C14H29N3O2S2/c1-12(2)15-10-13-6-4-5-8-17(13)21(18,19)16(3)14-7-9-20-11-14/h12-15H,4-11H2,1-3H3. The first kappa shape index (κ1) is 17.5. The van der Waals surface area contributed by atoms with E-state index >= 15 is 0 Å². The van der Waals surface area contributed by atoms with Gasteiger partial charge in [0.25, 0.3) is 10.2 Å². The van der Waals surface area contributed by atoms with Crippen molar-refractivity contribution in [1.29, 1.82) is 0 Å². The molecule has 0 radical (unpaired) electrons. The third-order valence-corrected chi connectivity index (χ3v) is 7.66. The highest BCUT2D eigenvalue weighted by Crippen LogP contribution is 2.27. The van der Waals surface area contributed by atoms with Crippen molar-refractivity contribution in [3.63, 3.8) is 0 Å². The summed E-state index contributed by atoms with van der Waals surface area (Å²) in [5, 5.41) is 3.40. The molecule has 0 saturated carbocycles. The summed E-state index contributed by atoms with van der Waals surface area (Å²) in [5.74, 6) is 2.00. The molecule has 2 aliphatic heterocycles. The number of thioether (sulfide) groups is 1. The maximum atomic E-state index is 12.9. The lowest BCUT2D eigenvalue weighted by molar-refractivity contribution is 0.221. The van der Waals surface area contributed by atoms with E-state index in [1.54, 1.807) is 15.7 Å². The summed E-state index contributed by atoms with van der Waals surface area (Å²) in [4.78, 5) is 0. The van der Waals surface area contributed by atoms with Crippen molar-refractivity contribution in [3.05, 3.63) is 0 Å². The molecule has 2 heterocycles. The molecular formula is C14H29N3O2S2. The van der Waals surface area contributed by atoms with Gasteiger partial charge in [-0.15, -0.1) is 0 Å². The molecule has 0 aliphatic carbocycles. The van der Waals surface area contributed by atoms with E-state index in [0.29, 0.717) is 12.6 Å². The smallest absolute Gasteiger partial charge is 0.282 e. The summed E-state index contributed by atoms with van der Waals surface area (Å²) < 4.78 is 29.3. The first-order valence-corrected chi connectivity index (χ1v) is 10.5. The van der Waals surface area contributed by atoms with Crippen LogP contribution in [0.1, 0.15) is 39.5 Å². The van der Waals surface area contributed by atoms with Gasteiger partial charge in [-0.3, -0.25) is 0 Å². The third-order valence-electron chi connectivity index (χ3n) is 4.41. The molecule has 1 N–H and O–H groups in total. The second kappa shape index (κ2) is 7.64. The average Bonchev–Trinajstić information content (AvgIpc) is 2.98. The maximum Gasteiger partial charge on any atom is 0.282 e. The van der Waals surface area contributed by atoms with Crippen molar-refractivity contribution in [2.45, 2.75) is 57.7 Å². The zero-order valence-electron chi connectivity index (χ0n) is 13.4. The van der Waals surface area contributed by atoms with Crippen molar-refractivity contribution in [3.8, 4) is 0 Å². The number of nitrogens with zero attached hydrogens (tertiary/aromatic N) is 2. The molecule has 21 heavy (non-hydrogen) atoms. The Morgan fingerprint density at radius 1 is 1.33 bits per heavy atom. The summed E-state index contributed by atoms with van der Waals surface area (Å²) in [6.07, 6.45) is 4.04. The third kappa shape index (κ3) is 4.34. The van der Waals surface area contributed by atoms with E-state index in [0.717, 1.165) is 43.7 Å². The molecule has 2 rings (SSSR count). The molecule has 2 saturated heterocycles. The SMILES string of the molecule is CC(C)NCC1CCCCN1S(=O)(=O)N(C)C1CCSC1. The Morgan fingerprint density at radius 2 is 2.10 bits per heavy atom. The highest BCUT2D eigenvalue weighted by molar-refractivity contribution is 7.99. The van der Waals surface area contributed by atoms with Gasteiger partial charge in [0, 0.05) is 44.0 Å². The Labute approximate surface area is 134 Å². The van der Waals surface area contributed by atoms with Gasteiger partial charge in [0.1, 0.15) is 0 Å². The van der Waals surface area contributed by atoms with E-state index in [1.165, 1.54) is 0 Å². The topological polar surface area (TPSA) is 52.7 Å². The molecular weight excluding hydrogens is 306 g/mol. The van der Waals surface area contributed by atoms with Crippen LogP contribution in [0.4, 0.5) is 0 Å². The number of hydrogen-bond acceptors (Lipinski definition) is 4. The normalized spacial score (nSPS) is 28.6. The van der Waals surface area contributed by atoms with Crippen LogP contribution in [0.3, 0.4) is 0 Å². The van der Waals surface area contributed by atoms with Gasteiger partial charge in [0.2, 0.25) is 0 Å². The minimum absolute atomic E-state index is 0.0997. The largest absolute Gasteiger partial charge is 0.313 e. The van der Waals surface area contributed by atoms with Crippen LogP contribution in [0.2, 0.25) is 0 Å². The van der Waals surface area contributed by atoms with E-state index in [4.69, 9.17) is 0 Å². The van der Waals surface area contributed by atoms with Crippen LogP contribution in [0.15, 0.2) is 0 Å². The molecule has 2 fully saturated rings. The molecule has 124 valence electrons. The molecule has 2 atom stereocenters. The van der Waals surface area contributed by atoms with Crippen LogP contribution >= 0.6 is 11.8 Å². The van der Waals surface area contributed by atoms with Crippen molar-refractivity contribution in [2.24, 2.45) is 0 Å². The summed E-state index contributed by atoms with van der Waals surface area (Å²) >= 11 is 1.85. The average molecular weight is 336 g/mol. The summed E-state index contributed by atoms with van der Waals surface area (Å²) in [7, 11) is -1.57.